The van der Waals surface area contributed by atoms with Crippen molar-refractivity contribution < 1.29 is 4.74 Å². The van der Waals surface area contributed by atoms with Crippen LogP contribution in [0.5, 0.6) is 5.75 Å². The van der Waals surface area contributed by atoms with E-state index in [0.29, 0.717) is 15.9 Å². The van der Waals surface area contributed by atoms with E-state index in [-0.39, 0.29) is 0 Å². The second kappa shape index (κ2) is 8.41. The Labute approximate surface area is 159 Å². The van der Waals surface area contributed by atoms with Crippen molar-refractivity contribution in [2.24, 2.45) is 0 Å². The minimum Gasteiger partial charge on any atom is -0.495 e. The van der Waals surface area contributed by atoms with Gasteiger partial charge in [-0.05, 0) is 54.9 Å². The summed E-state index contributed by atoms with van der Waals surface area (Å²) in [6, 6.07) is 14.1. The molecule has 0 saturated heterocycles. The summed E-state index contributed by atoms with van der Waals surface area (Å²) in [5.74, 6) is 0.650. The molecule has 0 radical (unpaired) electrons. The third-order valence-electron chi connectivity index (χ3n) is 4.28. The quantitative estimate of drug-likeness (QED) is 0.587. The van der Waals surface area contributed by atoms with Crippen molar-refractivity contribution in [3.05, 3.63) is 53.1 Å². The number of nitrogens with one attached hydrogen (secondary N) is 2. The second-order valence-electron chi connectivity index (χ2n) is 5.95. The van der Waals surface area contributed by atoms with Gasteiger partial charge in [-0.3, -0.25) is 0 Å². The van der Waals surface area contributed by atoms with Gasteiger partial charge in [-0.1, -0.05) is 29.8 Å². The molecule has 132 valence electrons. The molecule has 0 fully saturated rings. The van der Waals surface area contributed by atoms with E-state index in [1.165, 1.54) is 11.3 Å². The zero-order valence-corrected chi connectivity index (χ0v) is 15.8. The fraction of sp³-hybridized carbons (Fsp3) is 0.316. The molecule has 2 N–H and O–H groups in total. The molecule has 2 aromatic rings. The Morgan fingerprint density at radius 2 is 2.12 bits per heavy atom. The number of halogens is 1. The van der Waals surface area contributed by atoms with Crippen molar-refractivity contribution in [1.29, 1.82) is 0 Å². The number of anilines is 2. The molecule has 1 aliphatic heterocycles. The number of hydrogen-bond donors (Lipinski definition) is 2. The molecular formula is C19H22ClN3OS. The standard InChI is InChI=1S/C19H22ClN3OS/c1-24-18-8-7-15(13-16(18)20)22-19(25)21-10-4-11-23-12-9-14-5-2-3-6-17(14)23/h2-3,5-8,13H,4,9-12H2,1H3,(H2,21,22,25). The van der Waals surface area contributed by atoms with Crippen LogP contribution in [0, 0.1) is 0 Å². The van der Waals surface area contributed by atoms with Crippen LogP contribution in [-0.4, -0.2) is 31.9 Å². The number of ether oxygens (including phenoxy) is 1. The van der Waals surface area contributed by atoms with Crippen molar-refractivity contribution >= 4 is 40.3 Å². The van der Waals surface area contributed by atoms with Gasteiger partial charge >= 0.3 is 0 Å². The topological polar surface area (TPSA) is 36.5 Å². The summed E-state index contributed by atoms with van der Waals surface area (Å²) in [6.45, 7) is 2.96. The van der Waals surface area contributed by atoms with Crippen LogP contribution in [0.2, 0.25) is 5.02 Å². The lowest BCUT2D eigenvalue weighted by Crippen LogP contribution is -2.32. The van der Waals surface area contributed by atoms with E-state index in [9.17, 15) is 0 Å². The van der Waals surface area contributed by atoms with Gasteiger partial charge in [0.05, 0.1) is 12.1 Å². The SMILES string of the molecule is COc1ccc(NC(=S)NCCCN2CCc3ccccc32)cc1Cl. The Balaban J connectivity index is 1.41. The molecule has 0 amide bonds. The molecule has 1 heterocycles. The molecule has 1 aliphatic rings. The fourth-order valence-corrected chi connectivity index (χ4v) is 3.51. The van der Waals surface area contributed by atoms with Crippen LogP contribution in [0.1, 0.15) is 12.0 Å². The Morgan fingerprint density at radius 1 is 1.28 bits per heavy atom. The van der Waals surface area contributed by atoms with Gasteiger partial charge in [-0.25, -0.2) is 0 Å². The van der Waals surface area contributed by atoms with Crippen molar-refractivity contribution in [2.75, 3.05) is 37.0 Å². The number of methoxy groups -OCH3 is 1. The van der Waals surface area contributed by atoms with Crippen molar-refractivity contribution in [3.63, 3.8) is 0 Å². The normalized spacial score (nSPS) is 12.6. The highest BCUT2D eigenvalue weighted by Gasteiger charge is 2.17. The molecular weight excluding hydrogens is 354 g/mol. The summed E-state index contributed by atoms with van der Waals surface area (Å²) in [5, 5.41) is 7.55. The lowest BCUT2D eigenvalue weighted by atomic mass is 10.2. The minimum atomic E-state index is 0.558. The number of benzene rings is 2. The monoisotopic (exact) mass is 375 g/mol. The van der Waals surface area contributed by atoms with Gasteiger partial charge in [0.1, 0.15) is 5.75 Å². The number of hydrogen-bond acceptors (Lipinski definition) is 3. The van der Waals surface area contributed by atoms with Gasteiger partial charge in [-0.2, -0.15) is 0 Å². The van der Waals surface area contributed by atoms with Crippen LogP contribution >= 0.6 is 23.8 Å². The predicted octanol–water partition coefficient (Wildman–Crippen LogP) is 4.09. The van der Waals surface area contributed by atoms with Gasteiger partial charge in [-0.15, -0.1) is 0 Å². The molecule has 3 rings (SSSR count). The summed E-state index contributed by atoms with van der Waals surface area (Å²) in [6.07, 6.45) is 2.17. The average Bonchev–Trinajstić information content (AvgIpc) is 3.02. The first-order chi connectivity index (χ1) is 12.2. The van der Waals surface area contributed by atoms with Crippen LogP contribution in [0.15, 0.2) is 42.5 Å². The molecule has 0 bridgehead atoms. The molecule has 0 aliphatic carbocycles. The zero-order chi connectivity index (χ0) is 17.6. The van der Waals surface area contributed by atoms with Crippen LogP contribution in [0.4, 0.5) is 11.4 Å². The number of para-hydroxylation sites is 1. The highest BCUT2D eigenvalue weighted by molar-refractivity contribution is 7.80. The molecule has 6 heteroatoms. The first-order valence-corrected chi connectivity index (χ1v) is 9.17. The molecule has 0 unspecified atom stereocenters. The smallest absolute Gasteiger partial charge is 0.170 e. The molecule has 0 saturated carbocycles. The van der Waals surface area contributed by atoms with E-state index in [2.05, 4.69) is 39.8 Å². The maximum absolute atomic E-state index is 6.12. The maximum atomic E-state index is 6.12. The van der Waals surface area contributed by atoms with Crippen LogP contribution in [0.3, 0.4) is 0 Å². The fourth-order valence-electron chi connectivity index (χ4n) is 3.03. The minimum absolute atomic E-state index is 0.558. The highest BCUT2D eigenvalue weighted by atomic mass is 35.5. The number of rotatable bonds is 6. The van der Waals surface area contributed by atoms with Gasteiger partial charge in [0.25, 0.3) is 0 Å². The number of fused-ring (bicyclic) bond motifs is 1. The second-order valence-corrected chi connectivity index (χ2v) is 6.76. The van der Waals surface area contributed by atoms with Crippen molar-refractivity contribution in [1.82, 2.24) is 5.32 Å². The first kappa shape index (κ1) is 17.8. The van der Waals surface area contributed by atoms with Crippen LogP contribution in [-0.2, 0) is 6.42 Å². The van der Waals surface area contributed by atoms with Gasteiger partial charge in [0.2, 0.25) is 0 Å². The molecule has 25 heavy (non-hydrogen) atoms. The molecule has 0 atom stereocenters. The van der Waals surface area contributed by atoms with E-state index in [0.717, 1.165) is 38.2 Å². The Hall–Kier alpha value is -1.98. The van der Waals surface area contributed by atoms with E-state index >= 15 is 0 Å². The summed E-state index contributed by atoms with van der Waals surface area (Å²) in [7, 11) is 1.60. The maximum Gasteiger partial charge on any atom is 0.170 e. The average molecular weight is 376 g/mol. The van der Waals surface area contributed by atoms with E-state index in [1.54, 1.807) is 13.2 Å². The summed E-state index contributed by atoms with van der Waals surface area (Å²) in [5.41, 5.74) is 3.66. The zero-order valence-electron chi connectivity index (χ0n) is 14.2. The lowest BCUT2D eigenvalue weighted by molar-refractivity contribution is 0.415. The van der Waals surface area contributed by atoms with Crippen LogP contribution in [0.25, 0.3) is 0 Å². The molecule has 0 aromatic heterocycles. The largest absolute Gasteiger partial charge is 0.495 e. The van der Waals surface area contributed by atoms with E-state index < -0.39 is 0 Å². The number of thiocarbonyl (C=S) groups is 1. The number of nitrogens with zero attached hydrogens (tertiary/aromatic N) is 1. The van der Waals surface area contributed by atoms with Crippen LogP contribution < -0.4 is 20.3 Å². The van der Waals surface area contributed by atoms with E-state index in [1.807, 2.05) is 12.1 Å². The van der Waals surface area contributed by atoms with Gasteiger partial charge in [0.15, 0.2) is 5.11 Å². The summed E-state index contributed by atoms with van der Waals surface area (Å²) >= 11 is 11.5. The highest BCUT2D eigenvalue weighted by Crippen LogP contribution is 2.28. The summed E-state index contributed by atoms with van der Waals surface area (Å²) in [4.78, 5) is 2.44. The first-order valence-electron chi connectivity index (χ1n) is 8.38. The van der Waals surface area contributed by atoms with Gasteiger partial charge < -0.3 is 20.3 Å². The lowest BCUT2D eigenvalue weighted by Gasteiger charge is -2.19. The third kappa shape index (κ3) is 4.55. The van der Waals surface area contributed by atoms with Crippen molar-refractivity contribution in [2.45, 2.75) is 12.8 Å². The summed E-state index contributed by atoms with van der Waals surface area (Å²) < 4.78 is 5.15. The Kier molecular flexibility index (Phi) is 6.00. The molecule has 4 nitrogen and oxygen atoms in total. The Morgan fingerprint density at radius 3 is 2.92 bits per heavy atom. The van der Waals surface area contributed by atoms with E-state index in [4.69, 9.17) is 28.6 Å². The Bertz CT molecular complexity index is 753. The molecule has 0 spiro atoms. The third-order valence-corrected chi connectivity index (χ3v) is 4.83. The van der Waals surface area contributed by atoms with Crippen molar-refractivity contribution in [3.8, 4) is 5.75 Å². The van der Waals surface area contributed by atoms with Gasteiger partial charge in [0, 0.05) is 31.0 Å². The molecule has 2 aromatic carbocycles. The predicted molar refractivity (Wildman–Crippen MR) is 109 cm³/mol.